The highest BCUT2D eigenvalue weighted by Crippen LogP contribution is 2.49. The third-order valence-corrected chi connectivity index (χ3v) is 6.75. The molecule has 1 aliphatic heterocycles. The number of pyridine rings is 1. The van der Waals surface area contributed by atoms with Crippen LogP contribution in [0.15, 0.2) is 71.9 Å². The first kappa shape index (κ1) is 29.3. The fourth-order valence-electron chi connectivity index (χ4n) is 5.06. The number of fused-ring (bicyclic) bond motifs is 1. The molecule has 3 aromatic rings. The van der Waals surface area contributed by atoms with Crippen LogP contribution in [0.3, 0.4) is 0 Å². The number of esters is 1. The molecular weight excluding hydrogens is 519 g/mol. The molecule has 0 saturated carbocycles. The van der Waals surface area contributed by atoms with Gasteiger partial charge in [0.1, 0.15) is 5.92 Å². The van der Waals surface area contributed by atoms with E-state index >= 15 is 0 Å². The number of alkyl halides is 3. The van der Waals surface area contributed by atoms with E-state index in [0.29, 0.717) is 29.9 Å². The molecule has 0 N–H and O–H groups in total. The lowest BCUT2D eigenvalue weighted by Crippen LogP contribution is -2.35. The van der Waals surface area contributed by atoms with Gasteiger partial charge in [0.05, 0.1) is 24.0 Å². The van der Waals surface area contributed by atoms with Crippen molar-refractivity contribution in [3.05, 3.63) is 89.1 Å². The number of nitrogens with zero attached hydrogens (tertiary/aromatic N) is 3. The van der Waals surface area contributed by atoms with Gasteiger partial charge in [-0.2, -0.15) is 13.2 Å². The second kappa shape index (κ2) is 12.6. The highest BCUT2D eigenvalue weighted by Gasteiger charge is 2.45. The summed E-state index contributed by atoms with van der Waals surface area (Å²) in [5, 5.41) is 0. The smallest absolute Gasteiger partial charge is 0.416 e. The standard InChI is InChI=1S/C31H34F3N3O3/c1-20(2)40-29-28-25(15-16-35-29)36-21(3)26(27(28)23-13-8-9-14-24(23)31(32,33)34)30(38)39-18-10-17-37(4)19-22-11-6-5-7-12-22/h5-9,11-16,20,26-27H,10,17-19H2,1-4H3. The monoisotopic (exact) mass is 553 g/mol. The lowest BCUT2D eigenvalue weighted by Gasteiger charge is -2.33. The zero-order valence-electron chi connectivity index (χ0n) is 23.1. The molecule has 0 bridgehead atoms. The second-order valence-corrected chi connectivity index (χ2v) is 10.3. The van der Waals surface area contributed by atoms with Crippen LogP contribution in [0.2, 0.25) is 0 Å². The minimum Gasteiger partial charge on any atom is -0.475 e. The van der Waals surface area contributed by atoms with Crippen LogP contribution in [0.5, 0.6) is 5.88 Å². The Labute approximate surface area is 232 Å². The minimum atomic E-state index is -4.63. The molecule has 2 aromatic carbocycles. The third kappa shape index (κ3) is 6.88. The van der Waals surface area contributed by atoms with Gasteiger partial charge >= 0.3 is 12.1 Å². The molecule has 0 saturated heterocycles. The summed E-state index contributed by atoms with van der Waals surface area (Å²) in [5.41, 5.74) is 1.47. The van der Waals surface area contributed by atoms with Crippen molar-refractivity contribution >= 4 is 17.4 Å². The normalized spacial score (nSPS) is 17.0. The number of carbonyl (C=O) groups excluding carboxylic acids is 1. The van der Waals surface area contributed by atoms with Crippen LogP contribution in [0, 0.1) is 5.92 Å². The molecule has 2 atom stereocenters. The first-order valence-corrected chi connectivity index (χ1v) is 13.3. The van der Waals surface area contributed by atoms with Crippen molar-refractivity contribution in [2.45, 2.75) is 51.9 Å². The molecule has 4 rings (SSSR count). The van der Waals surface area contributed by atoms with E-state index in [1.165, 1.54) is 30.0 Å². The molecule has 0 aliphatic carbocycles. The largest absolute Gasteiger partial charge is 0.475 e. The number of aliphatic imine (C=N–C) groups is 1. The summed E-state index contributed by atoms with van der Waals surface area (Å²) in [6.45, 7) is 6.82. The minimum absolute atomic E-state index is 0.0448. The van der Waals surface area contributed by atoms with Crippen LogP contribution in [0.1, 0.15) is 55.4 Å². The van der Waals surface area contributed by atoms with Crippen LogP contribution in [-0.2, 0) is 22.3 Å². The Morgan fingerprint density at radius 1 is 1.05 bits per heavy atom. The second-order valence-electron chi connectivity index (χ2n) is 10.3. The summed E-state index contributed by atoms with van der Waals surface area (Å²) in [7, 11) is 1.98. The molecule has 2 heterocycles. The Bertz CT molecular complexity index is 1340. The predicted molar refractivity (Wildman–Crippen MR) is 148 cm³/mol. The maximum absolute atomic E-state index is 14.2. The Balaban J connectivity index is 1.61. The number of aromatic nitrogens is 1. The molecule has 0 amide bonds. The van der Waals surface area contributed by atoms with Crippen molar-refractivity contribution in [3.63, 3.8) is 0 Å². The fraction of sp³-hybridized carbons (Fsp3) is 0.387. The number of ether oxygens (including phenoxy) is 2. The first-order chi connectivity index (χ1) is 19.1. The van der Waals surface area contributed by atoms with Crippen LogP contribution in [0.25, 0.3) is 0 Å². The van der Waals surface area contributed by atoms with Crippen molar-refractivity contribution in [1.29, 1.82) is 0 Å². The quantitative estimate of drug-likeness (QED) is 0.204. The average molecular weight is 554 g/mol. The Hall–Kier alpha value is -3.72. The van der Waals surface area contributed by atoms with Gasteiger partial charge in [0.2, 0.25) is 5.88 Å². The highest BCUT2D eigenvalue weighted by molar-refractivity contribution is 6.05. The summed E-state index contributed by atoms with van der Waals surface area (Å²) in [4.78, 5) is 24.6. The Morgan fingerprint density at radius 3 is 2.45 bits per heavy atom. The van der Waals surface area contributed by atoms with Crippen molar-refractivity contribution < 1.29 is 27.4 Å². The van der Waals surface area contributed by atoms with Crippen molar-refractivity contribution in [2.24, 2.45) is 10.9 Å². The van der Waals surface area contributed by atoms with Gasteiger partial charge in [0, 0.05) is 36.5 Å². The van der Waals surface area contributed by atoms with Crippen molar-refractivity contribution in [3.8, 4) is 5.88 Å². The van der Waals surface area contributed by atoms with E-state index in [9.17, 15) is 18.0 Å². The van der Waals surface area contributed by atoms with Gasteiger partial charge in [-0.1, -0.05) is 48.5 Å². The number of benzene rings is 2. The maximum Gasteiger partial charge on any atom is 0.416 e. The molecule has 1 aromatic heterocycles. The molecule has 2 unspecified atom stereocenters. The third-order valence-electron chi connectivity index (χ3n) is 6.75. The topological polar surface area (TPSA) is 64.0 Å². The van der Waals surface area contributed by atoms with E-state index in [-0.39, 0.29) is 24.2 Å². The van der Waals surface area contributed by atoms with Gasteiger partial charge < -0.3 is 14.4 Å². The van der Waals surface area contributed by atoms with E-state index in [1.807, 2.05) is 37.4 Å². The Kier molecular flexibility index (Phi) is 9.25. The number of rotatable bonds is 10. The van der Waals surface area contributed by atoms with Crippen LogP contribution in [-0.4, -0.2) is 47.9 Å². The molecule has 212 valence electrons. The number of hydrogen-bond acceptors (Lipinski definition) is 6. The van der Waals surface area contributed by atoms with Gasteiger partial charge in [0.15, 0.2) is 0 Å². The Morgan fingerprint density at radius 2 is 1.75 bits per heavy atom. The van der Waals surface area contributed by atoms with Crippen molar-refractivity contribution in [1.82, 2.24) is 9.88 Å². The average Bonchev–Trinajstić information content (AvgIpc) is 2.90. The SMILES string of the molecule is CC1=Nc2ccnc(OC(C)C)c2C(c2ccccc2C(F)(F)F)C1C(=O)OCCCN(C)Cc1ccccc1. The maximum atomic E-state index is 14.2. The molecule has 0 fully saturated rings. The van der Waals surface area contributed by atoms with Gasteiger partial charge in [0.25, 0.3) is 0 Å². The summed E-state index contributed by atoms with van der Waals surface area (Å²) in [6.07, 6.45) is -2.84. The zero-order chi connectivity index (χ0) is 28.9. The molecule has 0 radical (unpaired) electrons. The van der Waals surface area contributed by atoms with Gasteiger partial charge in [-0.05, 0) is 57.5 Å². The summed E-state index contributed by atoms with van der Waals surface area (Å²) >= 11 is 0. The van der Waals surface area contributed by atoms with E-state index < -0.39 is 29.5 Å². The van der Waals surface area contributed by atoms with E-state index in [4.69, 9.17) is 9.47 Å². The molecular formula is C31H34F3N3O3. The lowest BCUT2D eigenvalue weighted by molar-refractivity contribution is -0.147. The van der Waals surface area contributed by atoms with Crippen LogP contribution >= 0.6 is 0 Å². The highest BCUT2D eigenvalue weighted by atomic mass is 19.4. The zero-order valence-corrected chi connectivity index (χ0v) is 23.1. The summed E-state index contributed by atoms with van der Waals surface area (Å²) in [6, 6.07) is 17.0. The van der Waals surface area contributed by atoms with Gasteiger partial charge in [-0.15, -0.1) is 0 Å². The number of carbonyl (C=O) groups is 1. The van der Waals surface area contributed by atoms with E-state index in [2.05, 4.69) is 14.9 Å². The first-order valence-electron chi connectivity index (χ1n) is 13.3. The number of halogens is 3. The predicted octanol–water partition coefficient (Wildman–Crippen LogP) is 6.81. The van der Waals surface area contributed by atoms with E-state index in [1.54, 1.807) is 26.8 Å². The van der Waals surface area contributed by atoms with Crippen LogP contribution < -0.4 is 4.74 Å². The molecule has 1 aliphatic rings. The van der Waals surface area contributed by atoms with Crippen LogP contribution in [0.4, 0.5) is 18.9 Å². The fourth-order valence-corrected chi connectivity index (χ4v) is 5.06. The molecule has 0 spiro atoms. The van der Waals surface area contributed by atoms with Gasteiger partial charge in [-0.3, -0.25) is 9.79 Å². The summed E-state index contributed by atoms with van der Waals surface area (Å²) < 4.78 is 54.2. The summed E-state index contributed by atoms with van der Waals surface area (Å²) in [5.74, 6) is -2.58. The molecule has 40 heavy (non-hydrogen) atoms. The number of hydrogen-bond donors (Lipinski definition) is 0. The van der Waals surface area contributed by atoms with Gasteiger partial charge in [-0.25, -0.2) is 4.98 Å². The lowest BCUT2D eigenvalue weighted by atomic mass is 9.74. The van der Waals surface area contributed by atoms with Crippen molar-refractivity contribution in [2.75, 3.05) is 20.2 Å². The van der Waals surface area contributed by atoms with E-state index in [0.717, 1.165) is 12.6 Å². The molecule has 9 heteroatoms. The molecule has 6 nitrogen and oxygen atoms in total.